The van der Waals surface area contributed by atoms with E-state index in [1.807, 2.05) is 13.2 Å². The lowest BCUT2D eigenvalue weighted by Crippen LogP contribution is -2.19. The van der Waals surface area contributed by atoms with Crippen molar-refractivity contribution >= 4 is 0 Å². The quantitative estimate of drug-likeness (QED) is 0.905. The first-order valence-electron chi connectivity index (χ1n) is 5.72. The van der Waals surface area contributed by atoms with Crippen LogP contribution in [0.4, 0.5) is 8.78 Å². The van der Waals surface area contributed by atoms with E-state index in [0.29, 0.717) is 12.1 Å². The van der Waals surface area contributed by atoms with E-state index in [-0.39, 0.29) is 6.04 Å². The van der Waals surface area contributed by atoms with Crippen LogP contribution >= 0.6 is 0 Å². The van der Waals surface area contributed by atoms with E-state index in [1.54, 1.807) is 23.9 Å². The van der Waals surface area contributed by atoms with Gasteiger partial charge in [0.25, 0.3) is 0 Å². The molecule has 1 heterocycles. The molecule has 1 N–H and O–H groups in total. The van der Waals surface area contributed by atoms with Gasteiger partial charge >= 0.3 is 0 Å². The van der Waals surface area contributed by atoms with Crippen molar-refractivity contribution in [3.8, 4) is 0 Å². The Morgan fingerprint density at radius 1 is 1.39 bits per heavy atom. The van der Waals surface area contributed by atoms with Crippen molar-refractivity contribution in [2.75, 3.05) is 0 Å². The van der Waals surface area contributed by atoms with Crippen LogP contribution in [0.5, 0.6) is 0 Å². The summed E-state index contributed by atoms with van der Waals surface area (Å²) in [4.78, 5) is 0. The number of halogens is 2. The van der Waals surface area contributed by atoms with Gasteiger partial charge in [-0.3, -0.25) is 4.68 Å². The normalized spacial score (nSPS) is 12.7. The van der Waals surface area contributed by atoms with Gasteiger partial charge in [0.2, 0.25) is 0 Å². The Balaban J connectivity index is 2.03. The Labute approximate surface area is 104 Å². The third kappa shape index (κ3) is 2.73. The van der Waals surface area contributed by atoms with Crippen LogP contribution in [0.2, 0.25) is 0 Å². The van der Waals surface area contributed by atoms with Crippen LogP contribution < -0.4 is 5.32 Å². The van der Waals surface area contributed by atoms with E-state index in [1.165, 1.54) is 6.07 Å². The molecule has 0 saturated carbocycles. The number of hydrogen-bond donors (Lipinski definition) is 1. The minimum atomic E-state index is -0.817. The van der Waals surface area contributed by atoms with Gasteiger partial charge in [0, 0.05) is 37.0 Å². The second kappa shape index (κ2) is 5.27. The fourth-order valence-corrected chi connectivity index (χ4v) is 1.80. The van der Waals surface area contributed by atoms with E-state index < -0.39 is 11.6 Å². The van der Waals surface area contributed by atoms with Gasteiger partial charge in [-0.25, -0.2) is 8.78 Å². The molecule has 3 nitrogen and oxygen atoms in total. The van der Waals surface area contributed by atoms with Crippen molar-refractivity contribution < 1.29 is 8.78 Å². The van der Waals surface area contributed by atoms with Crippen molar-refractivity contribution in [3.63, 3.8) is 0 Å². The van der Waals surface area contributed by atoms with Gasteiger partial charge in [-0.1, -0.05) is 12.1 Å². The molecular weight excluding hydrogens is 236 g/mol. The van der Waals surface area contributed by atoms with Crippen molar-refractivity contribution in [3.05, 3.63) is 53.4 Å². The number of aromatic nitrogens is 2. The van der Waals surface area contributed by atoms with Gasteiger partial charge in [-0.2, -0.15) is 5.10 Å². The highest BCUT2D eigenvalue weighted by Crippen LogP contribution is 2.19. The Morgan fingerprint density at radius 3 is 2.83 bits per heavy atom. The van der Waals surface area contributed by atoms with Crippen LogP contribution in [0.1, 0.15) is 24.1 Å². The number of benzene rings is 1. The van der Waals surface area contributed by atoms with Gasteiger partial charge in [0.1, 0.15) is 0 Å². The minimum Gasteiger partial charge on any atom is -0.306 e. The molecule has 1 aromatic carbocycles. The molecule has 18 heavy (non-hydrogen) atoms. The highest BCUT2D eigenvalue weighted by Gasteiger charge is 2.13. The zero-order valence-corrected chi connectivity index (χ0v) is 10.3. The Bertz CT molecular complexity index is 537. The SMILES string of the molecule is CC(NCc1cnn(C)c1)c1cccc(F)c1F. The monoisotopic (exact) mass is 251 g/mol. The summed E-state index contributed by atoms with van der Waals surface area (Å²) in [5, 5.41) is 7.18. The highest BCUT2D eigenvalue weighted by molar-refractivity contribution is 5.22. The smallest absolute Gasteiger partial charge is 0.163 e. The summed E-state index contributed by atoms with van der Waals surface area (Å²) in [6, 6.07) is 3.95. The maximum Gasteiger partial charge on any atom is 0.163 e. The van der Waals surface area contributed by atoms with Crippen LogP contribution in [-0.2, 0) is 13.6 Å². The van der Waals surface area contributed by atoms with Crippen LogP contribution in [-0.4, -0.2) is 9.78 Å². The van der Waals surface area contributed by atoms with Crippen molar-refractivity contribution in [1.29, 1.82) is 0 Å². The van der Waals surface area contributed by atoms with Gasteiger partial charge < -0.3 is 5.32 Å². The molecule has 0 saturated heterocycles. The van der Waals surface area contributed by atoms with Crippen molar-refractivity contribution in [2.45, 2.75) is 19.5 Å². The molecule has 0 aliphatic heterocycles. The summed E-state index contributed by atoms with van der Waals surface area (Å²) >= 11 is 0. The summed E-state index contributed by atoms with van der Waals surface area (Å²) in [5.74, 6) is -1.61. The summed E-state index contributed by atoms with van der Waals surface area (Å²) in [5.41, 5.74) is 1.33. The number of aryl methyl sites for hydroxylation is 1. The predicted molar refractivity (Wildman–Crippen MR) is 64.8 cm³/mol. The molecule has 0 spiro atoms. The minimum absolute atomic E-state index is 0.263. The molecule has 1 unspecified atom stereocenters. The standard InChI is InChI=1S/C13H15F2N3/c1-9(11-4-3-5-12(14)13(11)15)16-6-10-7-17-18(2)8-10/h3-5,7-9,16H,6H2,1-2H3. The molecule has 0 aliphatic rings. The lowest BCUT2D eigenvalue weighted by atomic mass is 10.1. The largest absolute Gasteiger partial charge is 0.306 e. The molecule has 2 rings (SSSR count). The van der Waals surface area contributed by atoms with E-state index in [2.05, 4.69) is 10.4 Å². The van der Waals surface area contributed by atoms with Crippen LogP contribution in [0.3, 0.4) is 0 Å². The molecule has 0 amide bonds. The maximum absolute atomic E-state index is 13.6. The van der Waals surface area contributed by atoms with Crippen molar-refractivity contribution in [1.82, 2.24) is 15.1 Å². The highest BCUT2D eigenvalue weighted by atomic mass is 19.2. The second-order valence-electron chi connectivity index (χ2n) is 4.27. The third-order valence-corrected chi connectivity index (χ3v) is 2.82. The first-order chi connectivity index (χ1) is 8.58. The summed E-state index contributed by atoms with van der Waals surface area (Å²) in [7, 11) is 1.83. The fourth-order valence-electron chi connectivity index (χ4n) is 1.80. The van der Waals surface area contributed by atoms with Crippen LogP contribution in [0.25, 0.3) is 0 Å². The molecule has 0 radical (unpaired) electrons. The molecular formula is C13H15F2N3. The molecule has 96 valence electrons. The molecule has 0 aliphatic carbocycles. The van der Waals surface area contributed by atoms with E-state index in [0.717, 1.165) is 11.6 Å². The van der Waals surface area contributed by atoms with E-state index in [9.17, 15) is 8.78 Å². The number of nitrogens with one attached hydrogen (secondary N) is 1. The summed E-state index contributed by atoms with van der Waals surface area (Å²) in [6.45, 7) is 2.36. The molecule has 0 bridgehead atoms. The van der Waals surface area contributed by atoms with Crippen molar-refractivity contribution in [2.24, 2.45) is 7.05 Å². The van der Waals surface area contributed by atoms with Gasteiger partial charge in [0.05, 0.1) is 6.20 Å². The average molecular weight is 251 g/mol. The number of hydrogen-bond acceptors (Lipinski definition) is 2. The first-order valence-corrected chi connectivity index (χ1v) is 5.72. The lowest BCUT2D eigenvalue weighted by molar-refractivity contribution is 0.472. The number of rotatable bonds is 4. The van der Waals surface area contributed by atoms with Gasteiger partial charge in [-0.05, 0) is 13.0 Å². The third-order valence-electron chi connectivity index (χ3n) is 2.82. The molecule has 1 aromatic heterocycles. The average Bonchev–Trinajstić information content (AvgIpc) is 2.76. The van der Waals surface area contributed by atoms with Gasteiger partial charge in [-0.15, -0.1) is 0 Å². The molecule has 1 atom stereocenters. The lowest BCUT2D eigenvalue weighted by Gasteiger charge is -2.14. The summed E-state index contributed by atoms with van der Waals surface area (Å²) < 4.78 is 28.3. The molecule has 2 aromatic rings. The zero-order chi connectivity index (χ0) is 13.1. The Morgan fingerprint density at radius 2 is 2.17 bits per heavy atom. The van der Waals surface area contributed by atoms with Crippen LogP contribution in [0, 0.1) is 11.6 Å². The molecule has 0 fully saturated rings. The second-order valence-corrected chi connectivity index (χ2v) is 4.27. The summed E-state index contributed by atoms with van der Waals surface area (Å²) in [6.07, 6.45) is 3.61. The topological polar surface area (TPSA) is 29.9 Å². The van der Waals surface area contributed by atoms with E-state index >= 15 is 0 Å². The molecule has 5 heteroatoms. The maximum atomic E-state index is 13.6. The Hall–Kier alpha value is -1.75. The fraction of sp³-hybridized carbons (Fsp3) is 0.308. The Kier molecular flexibility index (Phi) is 3.72. The zero-order valence-electron chi connectivity index (χ0n) is 10.3. The predicted octanol–water partition coefficient (Wildman–Crippen LogP) is 2.55. The number of nitrogens with zero attached hydrogens (tertiary/aromatic N) is 2. The van der Waals surface area contributed by atoms with Gasteiger partial charge in [0.15, 0.2) is 11.6 Å². The van der Waals surface area contributed by atoms with E-state index in [4.69, 9.17) is 0 Å². The first kappa shape index (κ1) is 12.7. The van der Waals surface area contributed by atoms with Crippen LogP contribution in [0.15, 0.2) is 30.6 Å².